The monoisotopic (exact) mass is 329 g/mol. The molecular formula is C11H12BrN3O2S. The topological polar surface area (TPSA) is 64.8 Å². The van der Waals surface area contributed by atoms with Gasteiger partial charge in [0.2, 0.25) is 9.84 Å². The maximum atomic E-state index is 12.4. The van der Waals surface area contributed by atoms with Gasteiger partial charge in [0.15, 0.2) is 5.03 Å². The first-order valence-corrected chi connectivity index (χ1v) is 7.61. The largest absolute Gasteiger partial charge is 0.237 e. The number of aromatic nitrogens is 3. The van der Waals surface area contributed by atoms with Crippen LogP contribution in [0.2, 0.25) is 0 Å². The highest BCUT2D eigenvalue weighted by atomic mass is 79.9. The van der Waals surface area contributed by atoms with Crippen LogP contribution < -0.4 is 0 Å². The van der Waals surface area contributed by atoms with Gasteiger partial charge in [-0.05, 0) is 24.6 Å². The summed E-state index contributed by atoms with van der Waals surface area (Å²) in [5.74, 6) is 0. The summed E-state index contributed by atoms with van der Waals surface area (Å²) in [6.45, 7) is 1.66. The van der Waals surface area contributed by atoms with E-state index in [-0.39, 0.29) is 5.03 Å². The maximum Gasteiger partial charge on any atom is 0.203 e. The standard InChI is InChI=1S/C11H12BrN3O2S/c1-8(9-3-5-10(12)6-4-9)18(16,17)11-7-13-14-15(11)2/h3-8H,1-2H3. The minimum absolute atomic E-state index is 0.123. The van der Waals surface area contributed by atoms with Gasteiger partial charge in [0.1, 0.15) is 0 Å². The first kappa shape index (κ1) is 13.2. The van der Waals surface area contributed by atoms with E-state index in [4.69, 9.17) is 0 Å². The molecule has 18 heavy (non-hydrogen) atoms. The summed E-state index contributed by atoms with van der Waals surface area (Å²) in [6.07, 6.45) is 1.27. The van der Waals surface area contributed by atoms with Crippen LogP contribution in [0.4, 0.5) is 0 Å². The predicted molar refractivity (Wildman–Crippen MR) is 70.7 cm³/mol. The fourth-order valence-corrected chi connectivity index (χ4v) is 3.37. The van der Waals surface area contributed by atoms with Crippen LogP contribution in [0.3, 0.4) is 0 Å². The van der Waals surface area contributed by atoms with Crippen LogP contribution in [0.25, 0.3) is 0 Å². The lowest BCUT2D eigenvalue weighted by Gasteiger charge is -2.12. The number of halogens is 1. The lowest BCUT2D eigenvalue weighted by molar-refractivity contribution is 0.565. The van der Waals surface area contributed by atoms with Crippen LogP contribution in [0.1, 0.15) is 17.7 Å². The van der Waals surface area contributed by atoms with E-state index >= 15 is 0 Å². The fourth-order valence-electron chi connectivity index (χ4n) is 1.63. The molecule has 0 aliphatic rings. The molecule has 2 rings (SSSR count). The van der Waals surface area contributed by atoms with Crippen molar-refractivity contribution in [2.45, 2.75) is 17.2 Å². The Bertz CT molecular complexity index is 649. The number of benzene rings is 1. The second kappa shape index (κ2) is 4.81. The molecule has 2 aromatic rings. The van der Waals surface area contributed by atoms with Gasteiger partial charge < -0.3 is 0 Å². The summed E-state index contributed by atoms with van der Waals surface area (Å²) in [5, 5.41) is 6.74. The van der Waals surface area contributed by atoms with Crippen molar-refractivity contribution in [2.75, 3.05) is 0 Å². The smallest absolute Gasteiger partial charge is 0.203 e. The summed E-state index contributed by atoms with van der Waals surface area (Å²) < 4.78 is 27.0. The molecule has 1 heterocycles. The number of hydrogen-bond acceptors (Lipinski definition) is 4. The lowest BCUT2D eigenvalue weighted by atomic mass is 10.2. The summed E-state index contributed by atoms with van der Waals surface area (Å²) in [4.78, 5) is 0. The van der Waals surface area contributed by atoms with E-state index in [1.165, 1.54) is 10.9 Å². The first-order chi connectivity index (χ1) is 8.43. The molecule has 1 aromatic heterocycles. The molecule has 5 nitrogen and oxygen atoms in total. The van der Waals surface area contributed by atoms with Gasteiger partial charge in [-0.3, -0.25) is 0 Å². The van der Waals surface area contributed by atoms with Crippen LogP contribution in [0.5, 0.6) is 0 Å². The van der Waals surface area contributed by atoms with Crippen molar-refractivity contribution in [3.63, 3.8) is 0 Å². The van der Waals surface area contributed by atoms with Gasteiger partial charge in [-0.25, -0.2) is 13.1 Å². The molecule has 7 heteroatoms. The molecule has 1 atom stereocenters. The molecule has 0 radical (unpaired) electrons. The van der Waals surface area contributed by atoms with E-state index in [0.717, 1.165) is 10.0 Å². The molecule has 0 amide bonds. The summed E-state index contributed by atoms with van der Waals surface area (Å²) >= 11 is 3.32. The molecule has 0 spiro atoms. The molecule has 0 aliphatic carbocycles. The lowest BCUT2D eigenvalue weighted by Crippen LogP contribution is -2.14. The van der Waals surface area contributed by atoms with Gasteiger partial charge in [0.25, 0.3) is 0 Å². The van der Waals surface area contributed by atoms with E-state index in [0.29, 0.717) is 0 Å². The van der Waals surface area contributed by atoms with Crippen LogP contribution in [-0.2, 0) is 16.9 Å². The van der Waals surface area contributed by atoms with Crippen molar-refractivity contribution < 1.29 is 8.42 Å². The van der Waals surface area contributed by atoms with Gasteiger partial charge >= 0.3 is 0 Å². The quantitative estimate of drug-likeness (QED) is 0.865. The highest BCUT2D eigenvalue weighted by Gasteiger charge is 2.28. The molecule has 0 saturated heterocycles. The Hall–Kier alpha value is -1.21. The molecule has 0 aliphatic heterocycles. The van der Waals surface area contributed by atoms with Gasteiger partial charge in [0, 0.05) is 11.5 Å². The number of aryl methyl sites for hydroxylation is 1. The molecule has 1 unspecified atom stereocenters. The van der Waals surface area contributed by atoms with Crippen LogP contribution in [0.15, 0.2) is 40.0 Å². The second-order valence-electron chi connectivity index (χ2n) is 3.93. The normalized spacial score (nSPS) is 13.5. The van der Waals surface area contributed by atoms with Crippen molar-refractivity contribution >= 4 is 25.8 Å². The third kappa shape index (κ3) is 2.32. The van der Waals surface area contributed by atoms with Gasteiger partial charge in [-0.1, -0.05) is 33.3 Å². The number of nitrogens with zero attached hydrogens (tertiary/aromatic N) is 3. The third-order valence-electron chi connectivity index (χ3n) is 2.77. The Balaban J connectivity index is 2.42. The zero-order valence-corrected chi connectivity index (χ0v) is 12.3. The van der Waals surface area contributed by atoms with Crippen LogP contribution in [0, 0.1) is 0 Å². The zero-order valence-electron chi connectivity index (χ0n) is 9.91. The van der Waals surface area contributed by atoms with Crippen LogP contribution >= 0.6 is 15.9 Å². The SMILES string of the molecule is CC(c1ccc(Br)cc1)S(=O)(=O)c1cnnn1C. The maximum absolute atomic E-state index is 12.4. The van der Waals surface area contributed by atoms with Gasteiger partial charge in [-0.2, -0.15) is 0 Å². The fraction of sp³-hybridized carbons (Fsp3) is 0.273. The van der Waals surface area contributed by atoms with Crippen molar-refractivity contribution in [2.24, 2.45) is 7.05 Å². The summed E-state index contributed by atoms with van der Waals surface area (Å²) in [7, 11) is -1.91. The third-order valence-corrected chi connectivity index (χ3v) is 5.45. The Morgan fingerprint density at radius 1 is 1.28 bits per heavy atom. The van der Waals surface area contributed by atoms with E-state index < -0.39 is 15.1 Å². The number of rotatable bonds is 3. The highest BCUT2D eigenvalue weighted by molar-refractivity contribution is 9.10. The minimum Gasteiger partial charge on any atom is -0.237 e. The van der Waals surface area contributed by atoms with E-state index in [1.807, 2.05) is 12.1 Å². The van der Waals surface area contributed by atoms with Crippen molar-refractivity contribution in [3.05, 3.63) is 40.5 Å². The Morgan fingerprint density at radius 2 is 1.89 bits per heavy atom. The Morgan fingerprint density at radius 3 is 2.39 bits per heavy atom. The number of sulfone groups is 1. The Kier molecular flexibility index (Phi) is 3.54. The Labute approximate surface area is 114 Å². The average molecular weight is 330 g/mol. The molecular weight excluding hydrogens is 318 g/mol. The molecule has 0 saturated carbocycles. The van der Waals surface area contributed by atoms with Crippen molar-refractivity contribution in [1.82, 2.24) is 15.0 Å². The molecule has 0 bridgehead atoms. The van der Waals surface area contributed by atoms with E-state index in [9.17, 15) is 8.42 Å². The number of hydrogen-bond donors (Lipinski definition) is 0. The van der Waals surface area contributed by atoms with Gasteiger partial charge in [-0.15, -0.1) is 5.10 Å². The molecule has 0 fully saturated rings. The minimum atomic E-state index is -3.47. The van der Waals surface area contributed by atoms with Gasteiger partial charge in [0.05, 0.1) is 11.4 Å². The second-order valence-corrected chi connectivity index (χ2v) is 7.07. The molecule has 0 N–H and O–H groups in total. The molecule has 1 aromatic carbocycles. The molecule has 96 valence electrons. The zero-order chi connectivity index (χ0) is 13.3. The van der Waals surface area contributed by atoms with Crippen LogP contribution in [-0.4, -0.2) is 23.4 Å². The van der Waals surface area contributed by atoms with Crippen molar-refractivity contribution in [3.8, 4) is 0 Å². The summed E-state index contributed by atoms with van der Waals surface area (Å²) in [5.41, 5.74) is 0.736. The first-order valence-electron chi connectivity index (χ1n) is 5.27. The highest BCUT2D eigenvalue weighted by Crippen LogP contribution is 2.28. The average Bonchev–Trinajstić information content (AvgIpc) is 2.76. The van der Waals surface area contributed by atoms with Crippen molar-refractivity contribution in [1.29, 1.82) is 0 Å². The summed E-state index contributed by atoms with van der Waals surface area (Å²) in [6, 6.07) is 7.22. The van der Waals surface area contributed by atoms with E-state index in [1.54, 1.807) is 26.1 Å². The van der Waals surface area contributed by atoms with E-state index in [2.05, 4.69) is 26.2 Å². The predicted octanol–water partition coefficient (Wildman–Crippen LogP) is 2.11.